The molecule has 0 aliphatic heterocycles. The summed E-state index contributed by atoms with van der Waals surface area (Å²) in [5.74, 6) is 0.509. The fraction of sp³-hybridized carbons (Fsp3) is 0.308. The maximum Gasteiger partial charge on any atom is 0.230 e. The molecule has 0 unspecified atom stereocenters. The molecule has 0 radical (unpaired) electrons. The van der Waals surface area contributed by atoms with Crippen molar-refractivity contribution in [1.82, 2.24) is 5.32 Å². The van der Waals surface area contributed by atoms with Crippen molar-refractivity contribution in [2.75, 3.05) is 12.3 Å². The fourth-order valence-corrected chi connectivity index (χ4v) is 2.02. The van der Waals surface area contributed by atoms with Crippen LogP contribution < -0.4 is 5.32 Å². The quantitative estimate of drug-likeness (QED) is 0.628. The fourth-order valence-electron chi connectivity index (χ4n) is 1.16. The number of carbonyl (C=O) groups excluding carboxylic acids is 1. The molecule has 0 heterocycles. The van der Waals surface area contributed by atoms with Crippen LogP contribution in [0.5, 0.6) is 0 Å². The van der Waals surface area contributed by atoms with Gasteiger partial charge < -0.3 is 5.32 Å². The van der Waals surface area contributed by atoms with Gasteiger partial charge in [0.2, 0.25) is 5.91 Å². The summed E-state index contributed by atoms with van der Waals surface area (Å²) < 4.78 is 0. The van der Waals surface area contributed by atoms with Gasteiger partial charge in [0.15, 0.2) is 0 Å². The zero-order valence-corrected chi connectivity index (χ0v) is 10.6. The maximum absolute atomic E-state index is 11.5. The summed E-state index contributed by atoms with van der Waals surface area (Å²) in [5.41, 5.74) is 2.18. The number of carbonyl (C=O) groups is 1. The van der Waals surface area contributed by atoms with E-state index in [0.29, 0.717) is 12.3 Å². The highest BCUT2D eigenvalue weighted by molar-refractivity contribution is 8.00. The molecule has 2 nitrogen and oxygen atoms in total. The van der Waals surface area contributed by atoms with Gasteiger partial charge in [-0.3, -0.25) is 4.79 Å². The van der Waals surface area contributed by atoms with E-state index in [-0.39, 0.29) is 5.91 Å². The Kier molecular flexibility index (Phi) is 5.12. The Morgan fingerprint density at radius 3 is 2.75 bits per heavy atom. The Balaban J connectivity index is 2.37. The lowest BCUT2D eigenvalue weighted by molar-refractivity contribution is -0.118. The van der Waals surface area contributed by atoms with Crippen molar-refractivity contribution in [3.8, 4) is 0 Å². The molecule has 0 aliphatic carbocycles. The molecular formula is C13H17NOS. The molecule has 0 aliphatic rings. The summed E-state index contributed by atoms with van der Waals surface area (Å²) in [6.07, 6.45) is 0. The number of benzene rings is 1. The van der Waals surface area contributed by atoms with E-state index in [1.165, 1.54) is 5.56 Å². The maximum atomic E-state index is 11.5. The van der Waals surface area contributed by atoms with Crippen LogP contribution in [0.3, 0.4) is 0 Å². The number of rotatable bonds is 5. The standard InChI is InChI=1S/C13H17NOS/c1-10(2)8-14-13(15)9-16-12-7-5-4-6-11(12)3/h4-7H,1,8-9H2,2-3H3,(H,14,15). The minimum absolute atomic E-state index is 0.0521. The van der Waals surface area contributed by atoms with Crippen LogP contribution >= 0.6 is 11.8 Å². The highest BCUT2D eigenvalue weighted by Crippen LogP contribution is 2.21. The van der Waals surface area contributed by atoms with Crippen molar-refractivity contribution in [3.05, 3.63) is 42.0 Å². The third-order valence-electron chi connectivity index (χ3n) is 2.04. The van der Waals surface area contributed by atoms with Gasteiger partial charge in [-0.25, -0.2) is 0 Å². The smallest absolute Gasteiger partial charge is 0.230 e. The van der Waals surface area contributed by atoms with E-state index in [1.54, 1.807) is 11.8 Å². The van der Waals surface area contributed by atoms with Crippen molar-refractivity contribution in [1.29, 1.82) is 0 Å². The molecule has 0 saturated heterocycles. The highest BCUT2D eigenvalue weighted by atomic mass is 32.2. The van der Waals surface area contributed by atoms with Gasteiger partial charge in [0.05, 0.1) is 5.75 Å². The largest absolute Gasteiger partial charge is 0.352 e. The summed E-state index contributed by atoms with van der Waals surface area (Å²) in [6.45, 7) is 8.25. The van der Waals surface area contributed by atoms with Crippen LogP contribution in [0.2, 0.25) is 0 Å². The minimum Gasteiger partial charge on any atom is -0.352 e. The van der Waals surface area contributed by atoms with E-state index in [2.05, 4.69) is 11.9 Å². The Morgan fingerprint density at radius 1 is 1.44 bits per heavy atom. The zero-order valence-electron chi connectivity index (χ0n) is 9.75. The van der Waals surface area contributed by atoms with Crippen molar-refractivity contribution < 1.29 is 4.79 Å². The zero-order chi connectivity index (χ0) is 12.0. The molecular weight excluding hydrogens is 218 g/mol. The number of aryl methyl sites for hydroxylation is 1. The van der Waals surface area contributed by atoms with Gasteiger partial charge in [-0.2, -0.15) is 0 Å². The molecule has 0 saturated carbocycles. The van der Waals surface area contributed by atoms with Crippen molar-refractivity contribution in [2.24, 2.45) is 0 Å². The van der Waals surface area contributed by atoms with Gasteiger partial charge in [-0.05, 0) is 25.5 Å². The molecule has 3 heteroatoms. The number of nitrogens with one attached hydrogen (secondary N) is 1. The third kappa shape index (κ3) is 4.53. The number of amides is 1. The van der Waals surface area contributed by atoms with E-state index < -0.39 is 0 Å². The first kappa shape index (κ1) is 12.8. The Hall–Kier alpha value is -1.22. The normalized spacial score (nSPS) is 9.88. The average molecular weight is 235 g/mol. The molecule has 16 heavy (non-hydrogen) atoms. The molecule has 0 fully saturated rings. The van der Waals surface area contributed by atoms with Crippen molar-refractivity contribution in [3.63, 3.8) is 0 Å². The first-order chi connectivity index (χ1) is 7.59. The molecule has 0 atom stereocenters. The van der Waals surface area contributed by atoms with Gasteiger partial charge >= 0.3 is 0 Å². The SMILES string of the molecule is C=C(C)CNC(=O)CSc1ccccc1C. The monoisotopic (exact) mass is 235 g/mol. The lowest BCUT2D eigenvalue weighted by atomic mass is 10.2. The number of thioether (sulfide) groups is 1. The summed E-state index contributed by atoms with van der Waals surface area (Å²) >= 11 is 1.57. The van der Waals surface area contributed by atoms with E-state index in [1.807, 2.05) is 38.1 Å². The second-order valence-corrected chi connectivity index (χ2v) is 4.81. The lowest BCUT2D eigenvalue weighted by Gasteiger charge is -2.06. The van der Waals surface area contributed by atoms with Gasteiger partial charge in [0, 0.05) is 11.4 Å². The van der Waals surface area contributed by atoms with Crippen LogP contribution in [0.15, 0.2) is 41.3 Å². The third-order valence-corrected chi connectivity index (χ3v) is 3.22. The van der Waals surface area contributed by atoms with Gasteiger partial charge in [-0.15, -0.1) is 11.8 Å². The molecule has 1 aromatic rings. The van der Waals surface area contributed by atoms with Gasteiger partial charge in [0.25, 0.3) is 0 Å². The molecule has 1 N–H and O–H groups in total. The van der Waals surface area contributed by atoms with Crippen LogP contribution in [0.1, 0.15) is 12.5 Å². The molecule has 1 amide bonds. The summed E-state index contributed by atoms with van der Waals surface area (Å²) in [6, 6.07) is 8.07. The lowest BCUT2D eigenvalue weighted by Crippen LogP contribution is -2.26. The molecule has 1 rings (SSSR count). The Labute approximate surface area is 101 Å². The van der Waals surface area contributed by atoms with Gasteiger partial charge in [-0.1, -0.05) is 30.4 Å². The Morgan fingerprint density at radius 2 is 2.12 bits per heavy atom. The van der Waals surface area contributed by atoms with Crippen LogP contribution in [-0.4, -0.2) is 18.2 Å². The second-order valence-electron chi connectivity index (χ2n) is 3.79. The summed E-state index contributed by atoms with van der Waals surface area (Å²) in [4.78, 5) is 12.6. The summed E-state index contributed by atoms with van der Waals surface area (Å²) in [7, 11) is 0. The first-order valence-corrected chi connectivity index (χ1v) is 6.17. The topological polar surface area (TPSA) is 29.1 Å². The first-order valence-electron chi connectivity index (χ1n) is 5.19. The van der Waals surface area contributed by atoms with Crippen LogP contribution in [0.25, 0.3) is 0 Å². The van der Waals surface area contributed by atoms with E-state index in [4.69, 9.17) is 0 Å². The van der Waals surface area contributed by atoms with Crippen LogP contribution in [-0.2, 0) is 4.79 Å². The van der Waals surface area contributed by atoms with Gasteiger partial charge in [0.1, 0.15) is 0 Å². The summed E-state index contributed by atoms with van der Waals surface area (Å²) in [5, 5.41) is 2.81. The molecule has 86 valence electrons. The Bertz CT molecular complexity index is 387. The second kappa shape index (κ2) is 6.38. The van der Waals surface area contributed by atoms with Crippen LogP contribution in [0, 0.1) is 6.92 Å². The van der Waals surface area contributed by atoms with E-state index >= 15 is 0 Å². The predicted octanol–water partition coefficient (Wildman–Crippen LogP) is 2.78. The molecule has 0 spiro atoms. The predicted molar refractivity (Wildman–Crippen MR) is 69.7 cm³/mol. The minimum atomic E-state index is 0.0521. The van der Waals surface area contributed by atoms with E-state index in [0.717, 1.165) is 10.5 Å². The number of hydrogen-bond acceptors (Lipinski definition) is 2. The van der Waals surface area contributed by atoms with Crippen molar-refractivity contribution >= 4 is 17.7 Å². The molecule has 1 aromatic carbocycles. The molecule has 0 aromatic heterocycles. The van der Waals surface area contributed by atoms with Crippen molar-refractivity contribution in [2.45, 2.75) is 18.7 Å². The van der Waals surface area contributed by atoms with Crippen LogP contribution in [0.4, 0.5) is 0 Å². The van der Waals surface area contributed by atoms with E-state index in [9.17, 15) is 4.79 Å². The number of hydrogen-bond donors (Lipinski definition) is 1. The molecule has 0 bridgehead atoms. The highest BCUT2D eigenvalue weighted by Gasteiger charge is 2.03. The average Bonchev–Trinajstić information content (AvgIpc) is 2.25.